The van der Waals surface area contributed by atoms with Crippen molar-refractivity contribution >= 4 is 11.8 Å². The third-order valence-electron chi connectivity index (χ3n) is 1.99. The zero-order chi connectivity index (χ0) is 12.8. The Morgan fingerprint density at radius 2 is 1.94 bits per heavy atom. The minimum Gasteiger partial charge on any atom is -0.497 e. The highest BCUT2D eigenvalue weighted by molar-refractivity contribution is 5.87. The molecule has 0 aromatic heterocycles. The summed E-state index contributed by atoms with van der Waals surface area (Å²) in [6.07, 6.45) is -0.678. The van der Waals surface area contributed by atoms with Gasteiger partial charge in [-0.1, -0.05) is 0 Å². The third kappa shape index (κ3) is 3.86. The Balaban J connectivity index is 2.80. The molecule has 94 valence electrons. The van der Waals surface area contributed by atoms with Crippen molar-refractivity contribution in [2.24, 2.45) is 0 Å². The van der Waals surface area contributed by atoms with Gasteiger partial charge >= 0.3 is 6.09 Å². The first-order valence-electron chi connectivity index (χ1n) is 5.26. The standard InChI is InChI=1S/C12H17NO4/c1-8(2)17-12(14)13-10-6-5-9(15-3)7-11(10)16-4/h5-8H,1-4H3,(H,13,14). The van der Waals surface area contributed by atoms with Crippen LogP contribution in [0.4, 0.5) is 10.5 Å². The number of carbonyl (C=O) groups excluding carboxylic acids is 1. The lowest BCUT2D eigenvalue weighted by atomic mass is 10.2. The number of carbonyl (C=O) groups is 1. The molecular formula is C12H17NO4. The lowest BCUT2D eigenvalue weighted by molar-refractivity contribution is 0.130. The molecule has 5 nitrogen and oxygen atoms in total. The van der Waals surface area contributed by atoms with Gasteiger partial charge in [0.25, 0.3) is 0 Å². The van der Waals surface area contributed by atoms with Gasteiger partial charge in [-0.2, -0.15) is 0 Å². The van der Waals surface area contributed by atoms with Crippen molar-refractivity contribution in [3.63, 3.8) is 0 Å². The van der Waals surface area contributed by atoms with Crippen molar-refractivity contribution in [3.05, 3.63) is 18.2 Å². The van der Waals surface area contributed by atoms with Gasteiger partial charge in [0.2, 0.25) is 0 Å². The minimum absolute atomic E-state index is 0.167. The second-order valence-corrected chi connectivity index (χ2v) is 3.65. The number of rotatable bonds is 4. The van der Waals surface area contributed by atoms with Gasteiger partial charge < -0.3 is 14.2 Å². The Hall–Kier alpha value is -1.91. The SMILES string of the molecule is COc1ccc(NC(=O)OC(C)C)c(OC)c1. The summed E-state index contributed by atoms with van der Waals surface area (Å²) in [7, 11) is 3.09. The van der Waals surface area contributed by atoms with Crippen LogP contribution < -0.4 is 14.8 Å². The van der Waals surface area contributed by atoms with Crippen molar-refractivity contribution in [2.75, 3.05) is 19.5 Å². The molecule has 1 aromatic rings. The van der Waals surface area contributed by atoms with Gasteiger partial charge in [0.1, 0.15) is 11.5 Å². The molecule has 1 rings (SSSR count). The van der Waals surface area contributed by atoms with Crippen LogP contribution in [0.3, 0.4) is 0 Å². The number of amides is 1. The summed E-state index contributed by atoms with van der Waals surface area (Å²) in [5.41, 5.74) is 0.541. The fraction of sp³-hybridized carbons (Fsp3) is 0.417. The quantitative estimate of drug-likeness (QED) is 0.877. The van der Waals surface area contributed by atoms with Crippen LogP contribution in [0.25, 0.3) is 0 Å². The van der Waals surface area contributed by atoms with Gasteiger partial charge in [0, 0.05) is 6.07 Å². The predicted octanol–water partition coefficient (Wildman–Crippen LogP) is 2.66. The van der Waals surface area contributed by atoms with Crippen molar-refractivity contribution in [1.29, 1.82) is 0 Å². The molecule has 0 saturated carbocycles. The summed E-state index contributed by atoms with van der Waals surface area (Å²) in [5.74, 6) is 1.18. The lowest BCUT2D eigenvalue weighted by Gasteiger charge is -2.13. The molecule has 0 atom stereocenters. The second-order valence-electron chi connectivity index (χ2n) is 3.65. The fourth-order valence-corrected chi connectivity index (χ4v) is 1.26. The number of hydrogen-bond acceptors (Lipinski definition) is 4. The van der Waals surface area contributed by atoms with Crippen molar-refractivity contribution < 1.29 is 19.0 Å². The molecular weight excluding hydrogens is 222 g/mol. The zero-order valence-electron chi connectivity index (χ0n) is 10.4. The monoisotopic (exact) mass is 239 g/mol. The molecule has 0 bridgehead atoms. The Kier molecular flexibility index (Phi) is 4.63. The molecule has 0 heterocycles. The van der Waals surface area contributed by atoms with Crippen LogP contribution in [0.5, 0.6) is 11.5 Å². The van der Waals surface area contributed by atoms with Gasteiger partial charge in [-0.15, -0.1) is 0 Å². The predicted molar refractivity (Wildman–Crippen MR) is 64.8 cm³/mol. The number of methoxy groups -OCH3 is 2. The Labute approximate surface area is 101 Å². The maximum absolute atomic E-state index is 11.4. The average molecular weight is 239 g/mol. The molecule has 0 unspecified atom stereocenters. The van der Waals surface area contributed by atoms with Crippen LogP contribution in [0, 0.1) is 0 Å². The van der Waals surface area contributed by atoms with Gasteiger partial charge in [-0.25, -0.2) is 4.79 Å². The van der Waals surface area contributed by atoms with E-state index in [4.69, 9.17) is 14.2 Å². The van der Waals surface area contributed by atoms with E-state index in [1.807, 2.05) is 0 Å². The number of ether oxygens (including phenoxy) is 3. The van der Waals surface area contributed by atoms with E-state index in [1.54, 1.807) is 39.2 Å². The Morgan fingerprint density at radius 3 is 2.47 bits per heavy atom. The van der Waals surface area contributed by atoms with E-state index < -0.39 is 6.09 Å². The molecule has 0 aliphatic heterocycles. The first-order valence-corrected chi connectivity index (χ1v) is 5.26. The summed E-state index contributed by atoms with van der Waals surface area (Å²) in [5, 5.41) is 2.60. The molecule has 0 saturated heterocycles. The van der Waals surface area contributed by atoms with Crippen LogP contribution in [0.1, 0.15) is 13.8 Å². The summed E-state index contributed by atoms with van der Waals surface area (Å²) in [6.45, 7) is 3.57. The molecule has 5 heteroatoms. The first kappa shape index (κ1) is 13.2. The van der Waals surface area contributed by atoms with Gasteiger partial charge in [0.05, 0.1) is 26.0 Å². The van der Waals surface area contributed by atoms with E-state index in [0.717, 1.165) is 0 Å². The second kappa shape index (κ2) is 5.98. The molecule has 1 aromatic carbocycles. The number of anilines is 1. The Morgan fingerprint density at radius 1 is 1.24 bits per heavy atom. The van der Waals surface area contributed by atoms with Crippen molar-refractivity contribution in [3.8, 4) is 11.5 Å². The fourth-order valence-electron chi connectivity index (χ4n) is 1.26. The summed E-state index contributed by atoms with van der Waals surface area (Å²) in [4.78, 5) is 11.4. The molecule has 0 aliphatic carbocycles. The zero-order valence-corrected chi connectivity index (χ0v) is 10.4. The van der Waals surface area contributed by atoms with Gasteiger partial charge in [0.15, 0.2) is 0 Å². The molecule has 1 N–H and O–H groups in total. The normalized spacial score (nSPS) is 9.94. The van der Waals surface area contributed by atoms with Crippen LogP contribution in [-0.4, -0.2) is 26.4 Å². The maximum atomic E-state index is 11.4. The van der Waals surface area contributed by atoms with Crippen LogP contribution in [0.2, 0.25) is 0 Å². The average Bonchev–Trinajstić information content (AvgIpc) is 2.28. The van der Waals surface area contributed by atoms with Crippen LogP contribution >= 0.6 is 0 Å². The highest BCUT2D eigenvalue weighted by atomic mass is 16.6. The first-order chi connectivity index (χ1) is 8.06. The molecule has 0 radical (unpaired) electrons. The topological polar surface area (TPSA) is 56.8 Å². The van der Waals surface area contributed by atoms with Crippen LogP contribution in [-0.2, 0) is 4.74 Å². The number of hydrogen-bond donors (Lipinski definition) is 1. The van der Waals surface area contributed by atoms with E-state index in [1.165, 1.54) is 7.11 Å². The van der Waals surface area contributed by atoms with Gasteiger partial charge in [-0.3, -0.25) is 5.32 Å². The largest absolute Gasteiger partial charge is 0.497 e. The highest BCUT2D eigenvalue weighted by Crippen LogP contribution is 2.29. The summed E-state index contributed by atoms with van der Waals surface area (Å²) < 4.78 is 15.2. The molecule has 0 fully saturated rings. The van der Waals surface area contributed by atoms with E-state index >= 15 is 0 Å². The van der Waals surface area contributed by atoms with Crippen LogP contribution in [0.15, 0.2) is 18.2 Å². The molecule has 0 aliphatic rings. The summed E-state index contributed by atoms with van der Waals surface area (Å²) in [6, 6.07) is 5.11. The van der Waals surface area contributed by atoms with Crippen molar-refractivity contribution in [1.82, 2.24) is 0 Å². The van der Waals surface area contributed by atoms with E-state index in [-0.39, 0.29) is 6.10 Å². The Bertz CT molecular complexity index is 390. The molecule has 17 heavy (non-hydrogen) atoms. The lowest BCUT2D eigenvalue weighted by Crippen LogP contribution is -2.18. The number of benzene rings is 1. The van der Waals surface area contributed by atoms with Crippen molar-refractivity contribution in [2.45, 2.75) is 20.0 Å². The minimum atomic E-state index is -0.511. The smallest absolute Gasteiger partial charge is 0.411 e. The maximum Gasteiger partial charge on any atom is 0.411 e. The third-order valence-corrected chi connectivity index (χ3v) is 1.99. The van der Waals surface area contributed by atoms with E-state index in [2.05, 4.69) is 5.32 Å². The number of nitrogens with one attached hydrogen (secondary N) is 1. The summed E-state index contributed by atoms with van der Waals surface area (Å²) >= 11 is 0. The molecule has 0 spiro atoms. The van der Waals surface area contributed by atoms with E-state index in [9.17, 15) is 4.79 Å². The molecule has 1 amide bonds. The highest BCUT2D eigenvalue weighted by Gasteiger charge is 2.10. The van der Waals surface area contributed by atoms with E-state index in [0.29, 0.717) is 17.2 Å². The van der Waals surface area contributed by atoms with Gasteiger partial charge in [-0.05, 0) is 26.0 Å².